The van der Waals surface area contributed by atoms with E-state index >= 15 is 0 Å². The van der Waals surface area contributed by atoms with Crippen molar-refractivity contribution in [3.05, 3.63) is 26.4 Å². The highest BCUT2D eigenvalue weighted by molar-refractivity contribution is 5.22. The van der Waals surface area contributed by atoms with E-state index in [1.54, 1.807) is 6.92 Å². The second kappa shape index (κ2) is 5.00. The summed E-state index contributed by atoms with van der Waals surface area (Å²) in [4.78, 5) is 25.5. The van der Waals surface area contributed by atoms with Crippen LogP contribution in [0.1, 0.15) is 40.2 Å². The van der Waals surface area contributed by atoms with Gasteiger partial charge in [-0.3, -0.25) is 14.3 Å². The largest absolute Gasteiger partial charge is 0.494 e. The Balaban J connectivity index is 3.35. The van der Waals surface area contributed by atoms with E-state index in [2.05, 4.69) is 18.8 Å². The SMILES string of the molecule is CCc1c(O)n(CC(C)(C)C(C)C)c(=O)[nH]c1=O. The lowest BCUT2D eigenvalue weighted by atomic mass is 9.81. The molecule has 102 valence electrons. The van der Waals surface area contributed by atoms with Gasteiger partial charge in [0.1, 0.15) is 0 Å². The van der Waals surface area contributed by atoms with Crippen molar-refractivity contribution in [3.63, 3.8) is 0 Å². The first kappa shape index (κ1) is 14.5. The van der Waals surface area contributed by atoms with Gasteiger partial charge in [-0.25, -0.2) is 4.79 Å². The maximum absolute atomic E-state index is 11.8. The third-order valence-electron chi connectivity index (χ3n) is 3.75. The Morgan fingerprint density at radius 1 is 1.33 bits per heavy atom. The maximum atomic E-state index is 11.8. The number of hydrogen-bond donors (Lipinski definition) is 2. The van der Waals surface area contributed by atoms with Gasteiger partial charge in [-0.2, -0.15) is 0 Å². The van der Waals surface area contributed by atoms with Crippen LogP contribution in [0.25, 0.3) is 0 Å². The Labute approximate surface area is 106 Å². The number of hydrogen-bond acceptors (Lipinski definition) is 3. The molecule has 0 aliphatic carbocycles. The molecule has 1 heterocycles. The smallest absolute Gasteiger partial charge is 0.331 e. The zero-order valence-corrected chi connectivity index (χ0v) is 11.7. The molecular formula is C13H22N2O3. The van der Waals surface area contributed by atoms with Crippen LogP contribution >= 0.6 is 0 Å². The zero-order chi connectivity index (χ0) is 14.1. The fourth-order valence-corrected chi connectivity index (χ4v) is 1.66. The average molecular weight is 254 g/mol. The minimum Gasteiger partial charge on any atom is -0.494 e. The molecule has 0 aromatic carbocycles. The summed E-state index contributed by atoms with van der Waals surface area (Å²) in [6, 6.07) is 0. The minimum atomic E-state index is -0.552. The molecule has 0 fully saturated rings. The van der Waals surface area contributed by atoms with E-state index in [0.717, 1.165) is 0 Å². The highest BCUT2D eigenvalue weighted by Crippen LogP contribution is 2.29. The summed E-state index contributed by atoms with van der Waals surface area (Å²) in [6.07, 6.45) is 0.392. The van der Waals surface area contributed by atoms with E-state index in [1.807, 2.05) is 13.8 Å². The van der Waals surface area contributed by atoms with E-state index in [-0.39, 0.29) is 16.9 Å². The number of nitrogens with zero attached hydrogens (tertiary/aromatic N) is 1. The molecular weight excluding hydrogens is 232 g/mol. The van der Waals surface area contributed by atoms with Crippen molar-refractivity contribution in [1.29, 1.82) is 0 Å². The highest BCUT2D eigenvalue weighted by Gasteiger charge is 2.25. The van der Waals surface area contributed by atoms with Gasteiger partial charge in [0.2, 0.25) is 5.88 Å². The summed E-state index contributed by atoms with van der Waals surface area (Å²) in [7, 11) is 0. The quantitative estimate of drug-likeness (QED) is 0.854. The number of aromatic hydroxyl groups is 1. The predicted octanol–water partition coefficient (Wildman–Crippen LogP) is 1.49. The van der Waals surface area contributed by atoms with E-state index in [0.29, 0.717) is 18.9 Å². The normalized spacial score (nSPS) is 12.1. The number of nitrogens with one attached hydrogen (secondary N) is 1. The molecule has 1 aromatic rings. The van der Waals surface area contributed by atoms with Gasteiger partial charge in [0.05, 0.1) is 5.56 Å². The van der Waals surface area contributed by atoms with Gasteiger partial charge in [0.25, 0.3) is 5.56 Å². The van der Waals surface area contributed by atoms with Crippen LogP contribution in [-0.2, 0) is 13.0 Å². The van der Waals surface area contributed by atoms with Crippen molar-refractivity contribution >= 4 is 0 Å². The van der Waals surface area contributed by atoms with Crippen LogP contribution in [0, 0.1) is 11.3 Å². The summed E-state index contributed by atoms with van der Waals surface area (Å²) >= 11 is 0. The maximum Gasteiger partial charge on any atom is 0.331 e. The van der Waals surface area contributed by atoms with Gasteiger partial charge in [-0.05, 0) is 17.8 Å². The minimum absolute atomic E-state index is 0.148. The number of H-pyrrole nitrogens is 1. The third kappa shape index (κ3) is 2.66. The van der Waals surface area contributed by atoms with Gasteiger partial charge in [0.15, 0.2) is 0 Å². The van der Waals surface area contributed by atoms with Crippen molar-refractivity contribution in [3.8, 4) is 5.88 Å². The molecule has 0 atom stereocenters. The Bertz CT molecular complexity index is 538. The van der Waals surface area contributed by atoms with Crippen molar-refractivity contribution in [1.82, 2.24) is 9.55 Å². The highest BCUT2D eigenvalue weighted by atomic mass is 16.3. The summed E-state index contributed by atoms with van der Waals surface area (Å²) in [6.45, 7) is 10.3. The van der Waals surface area contributed by atoms with Crippen LogP contribution in [-0.4, -0.2) is 14.7 Å². The Morgan fingerprint density at radius 3 is 2.33 bits per heavy atom. The van der Waals surface area contributed by atoms with E-state index in [1.165, 1.54) is 4.57 Å². The number of aromatic amines is 1. The van der Waals surface area contributed by atoms with Crippen LogP contribution in [0.15, 0.2) is 9.59 Å². The first-order valence-corrected chi connectivity index (χ1v) is 6.25. The van der Waals surface area contributed by atoms with Crippen LogP contribution in [0.2, 0.25) is 0 Å². The van der Waals surface area contributed by atoms with Gasteiger partial charge in [-0.15, -0.1) is 0 Å². The number of rotatable bonds is 4. The molecule has 0 saturated carbocycles. The summed E-state index contributed by atoms with van der Waals surface area (Å²) in [5.74, 6) is 0.140. The van der Waals surface area contributed by atoms with Gasteiger partial charge < -0.3 is 5.11 Å². The van der Waals surface area contributed by atoms with E-state index in [4.69, 9.17) is 0 Å². The first-order valence-electron chi connectivity index (χ1n) is 6.25. The number of aromatic nitrogens is 2. The fourth-order valence-electron chi connectivity index (χ4n) is 1.66. The average Bonchev–Trinajstić information content (AvgIpc) is 2.24. The second-order valence-electron chi connectivity index (χ2n) is 5.64. The second-order valence-corrected chi connectivity index (χ2v) is 5.64. The van der Waals surface area contributed by atoms with Crippen molar-refractivity contribution in [2.75, 3.05) is 0 Å². The molecule has 1 aromatic heterocycles. The summed E-state index contributed by atoms with van der Waals surface area (Å²) in [5, 5.41) is 10.0. The predicted molar refractivity (Wildman–Crippen MR) is 71.0 cm³/mol. The van der Waals surface area contributed by atoms with Crippen molar-refractivity contribution in [2.45, 2.75) is 47.6 Å². The van der Waals surface area contributed by atoms with Crippen LogP contribution in [0.3, 0.4) is 0 Å². The van der Waals surface area contributed by atoms with Crippen LogP contribution in [0.4, 0.5) is 0 Å². The Morgan fingerprint density at radius 2 is 1.89 bits per heavy atom. The topological polar surface area (TPSA) is 75.1 Å². The molecule has 0 aliphatic heterocycles. The molecule has 0 amide bonds. The summed E-state index contributed by atoms with van der Waals surface area (Å²) in [5.41, 5.74) is -0.943. The lowest BCUT2D eigenvalue weighted by molar-refractivity contribution is 0.195. The van der Waals surface area contributed by atoms with Crippen molar-refractivity contribution in [2.24, 2.45) is 11.3 Å². The van der Waals surface area contributed by atoms with E-state index < -0.39 is 11.2 Å². The lowest BCUT2D eigenvalue weighted by Gasteiger charge is -2.30. The molecule has 1 rings (SSSR count). The molecule has 5 nitrogen and oxygen atoms in total. The molecule has 18 heavy (non-hydrogen) atoms. The zero-order valence-electron chi connectivity index (χ0n) is 11.7. The van der Waals surface area contributed by atoms with Gasteiger partial charge >= 0.3 is 5.69 Å². The fraction of sp³-hybridized carbons (Fsp3) is 0.692. The molecule has 0 saturated heterocycles. The van der Waals surface area contributed by atoms with Crippen LogP contribution < -0.4 is 11.2 Å². The standard InChI is InChI=1S/C13H22N2O3/c1-6-9-10(16)14-12(18)15(11(9)17)7-13(4,5)8(2)3/h8,17H,6-7H2,1-5H3,(H,14,16,18). The van der Waals surface area contributed by atoms with Crippen LogP contribution in [0.5, 0.6) is 5.88 Å². The molecule has 0 radical (unpaired) electrons. The van der Waals surface area contributed by atoms with E-state index in [9.17, 15) is 14.7 Å². The first-order chi connectivity index (χ1) is 8.20. The monoisotopic (exact) mass is 254 g/mol. The lowest BCUT2D eigenvalue weighted by Crippen LogP contribution is -2.37. The van der Waals surface area contributed by atoms with Gasteiger partial charge in [-0.1, -0.05) is 34.6 Å². The Hall–Kier alpha value is -1.52. The molecule has 0 unspecified atom stereocenters. The molecule has 0 aliphatic rings. The molecule has 0 bridgehead atoms. The summed E-state index contributed by atoms with van der Waals surface area (Å²) < 4.78 is 1.25. The third-order valence-corrected chi connectivity index (χ3v) is 3.75. The van der Waals surface area contributed by atoms with Gasteiger partial charge in [0, 0.05) is 6.54 Å². The molecule has 5 heteroatoms. The molecule has 0 spiro atoms. The van der Waals surface area contributed by atoms with Crippen molar-refractivity contribution < 1.29 is 5.11 Å². The molecule has 2 N–H and O–H groups in total. The Kier molecular flexibility index (Phi) is 4.04.